The summed E-state index contributed by atoms with van der Waals surface area (Å²) >= 11 is 7.49. The summed E-state index contributed by atoms with van der Waals surface area (Å²) < 4.78 is 0. The van der Waals surface area contributed by atoms with Crippen LogP contribution < -0.4 is 5.32 Å². The van der Waals surface area contributed by atoms with Crippen molar-refractivity contribution in [3.8, 4) is 0 Å². The minimum absolute atomic E-state index is 0.0784. The highest BCUT2D eigenvalue weighted by Crippen LogP contribution is 2.33. The van der Waals surface area contributed by atoms with E-state index in [1.54, 1.807) is 23.5 Å². The van der Waals surface area contributed by atoms with Gasteiger partial charge in [-0.1, -0.05) is 31.5 Å². The average Bonchev–Trinajstić information content (AvgIpc) is 2.90. The van der Waals surface area contributed by atoms with Gasteiger partial charge in [-0.15, -0.1) is 11.3 Å². The molecule has 0 aliphatic rings. The van der Waals surface area contributed by atoms with E-state index in [-0.39, 0.29) is 16.8 Å². The fraction of sp³-hybridized carbons (Fsp3) is 0.286. The Morgan fingerprint density at radius 1 is 1.35 bits per heavy atom. The Labute approximate surface area is 126 Å². The van der Waals surface area contributed by atoms with E-state index in [0.717, 1.165) is 0 Å². The summed E-state index contributed by atoms with van der Waals surface area (Å²) in [6.07, 6.45) is 0. The van der Waals surface area contributed by atoms with Crippen LogP contribution in [0.25, 0.3) is 0 Å². The molecule has 0 aliphatic carbocycles. The number of hydrogen-bond acceptors (Lipinski definition) is 4. The number of nitrogens with zero attached hydrogens (tertiary/aromatic N) is 1. The van der Waals surface area contributed by atoms with Crippen molar-refractivity contribution >= 4 is 34.3 Å². The maximum Gasteiger partial charge on any atom is 0.289 e. The lowest BCUT2D eigenvalue weighted by atomic mass is 10.0. The van der Waals surface area contributed by atoms with Crippen molar-refractivity contribution < 1.29 is 4.92 Å². The molecule has 1 unspecified atom stereocenters. The second-order valence-corrected chi connectivity index (χ2v) is 6.19. The summed E-state index contributed by atoms with van der Waals surface area (Å²) in [6, 6.07) is 8.97. The molecule has 106 valence electrons. The number of hydrogen-bond donors (Lipinski definition) is 1. The van der Waals surface area contributed by atoms with Crippen LogP contribution in [0.15, 0.2) is 35.7 Å². The largest absolute Gasteiger partial charge is 0.377 e. The molecule has 2 rings (SSSR count). The van der Waals surface area contributed by atoms with Crippen LogP contribution in [-0.4, -0.2) is 4.92 Å². The van der Waals surface area contributed by atoms with Crippen LogP contribution in [-0.2, 0) is 0 Å². The van der Waals surface area contributed by atoms with Crippen LogP contribution in [0.3, 0.4) is 0 Å². The molecular weight excluding hydrogens is 296 g/mol. The van der Waals surface area contributed by atoms with Gasteiger partial charge in [-0.05, 0) is 29.5 Å². The third-order valence-corrected chi connectivity index (χ3v) is 4.26. The molecule has 0 amide bonds. The maximum atomic E-state index is 10.9. The van der Waals surface area contributed by atoms with Crippen molar-refractivity contribution in [2.24, 2.45) is 5.92 Å². The van der Waals surface area contributed by atoms with Gasteiger partial charge >= 0.3 is 0 Å². The fourth-order valence-electron chi connectivity index (χ4n) is 1.96. The first-order valence-corrected chi connectivity index (χ1v) is 7.48. The van der Waals surface area contributed by atoms with Crippen LogP contribution in [0.4, 0.5) is 11.4 Å². The first-order chi connectivity index (χ1) is 9.49. The van der Waals surface area contributed by atoms with Gasteiger partial charge in [-0.2, -0.15) is 0 Å². The molecule has 0 radical (unpaired) electrons. The Morgan fingerprint density at radius 3 is 2.65 bits per heavy atom. The minimum atomic E-state index is -0.469. The van der Waals surface area contributed by atoms with Crippen molar-refractivity contribution in [3.63, 3.8) is 0 Å². The summed E-state index contributed by atoms with van der Waals surface area (Å²) in [6.45, 7) is 4.23. The molecule has 1 aromatic heterocycles. The van der Waals surface area contributed by atoms with E-state index in [9.17, 15) is 10.1 Å². The molecule has 0 saturated carbocycles. The molecule has 1 atom stereocenters. The molecule has 0 aliphatic heterocycles. The molecule has 1 N–H and O–H groups in total. The highest BCUT2D eigenvalue weighted by atomic mass is 35.5. The van der Waals surface area contributed by atoms with Gasteiger partial charge in [0.2, 0.25) is 0 Å². The van der Waals surface area contributed by atoms with E-state index in [4.69, 9.17) is 11.6 Å². The fourth-order valence-corrected chi connectivity index (χ4v) is 3.09. The smallest absolute Gasteiger partial charge is 0.289 e. The van der Waals surface area contributed by atoms with Crippen LogP contribution in [0.5, 0.6) is 0 Å². The number of rotatable bonds is 5. The van der Waals surface area contributed by atoms with E-state index < -0.39 is 4.92 Å². The highest BCUT2D eigenvalue weighted by molar-refractivity contribution is 7.10. The average molecular weight is 311 g/mol. The van der Waals surface area contributed by atoms with Crippen molar-refractivity contribution in [3.05, 3.63) is 55.7 Å². The van der Waals surface area contributed by atoms with E-state index in [1.165, 1.54) is 10.9 Å². The summed E-state index contributed by atoms with van der Waals surface area (Å²) in [5, 5.41) is 16.4. The first kappa shape index (κ1) is 14.8. The molecule has 1 heterocycles. The minimum Gasteiger partial charge on any atom is -0.377 e. The lowest BCUT2D eigenvalue weighted by Crippen LogP contribution is -2.15. The van der Waals surface area contributed by atoms with E-state index >= 15 is 0 Å². The topological polar surface area (TPSA) is 55.2 Å². The summed E-state index contributed by atoms with van der Waals surface area (Å²) in [5.74, 6) is 0.364. The first-order valence-electron chi connectivity index (χ1n) is 6.23. The standard InChI is InChI=1S/C14H15ClN2O2S/c1-9(2)14(13-4-3-7-20-13)16-10-5-6-11(15)12(8-10)17(18)19/h3-9,14,16H,1-2H3. The molecule has 6 heteroatoms. The Kier molecular flexibility index (Phi) is 4.62. The molecule has 0 fully saturated rings. The Morgan fingerprint density at radius 2 is 2.10 bits per heavy atom. The SMILES string of the molecule is CC(C)C(Nc1ccc(Cl)c([N+](=O)[O-])c1)c1cccs1. The normalized spacial score (nSPS) is 12.4. The number of nitrogens with one attached hydrogen (secondary N) is 1. The van der Waals surface area contributed by atoms with Gasteiger partial charge in [0.1, 0.15) is 5.02 Å². The van der Waals surface area contributed by atoms with Gasteiger partial charge in [0.25, 0.3) is 5.69 Å². The van der Waals surface area contributed by atoms with Gasteiger partial charge < -0.3 is 5.32 Å². The second-order valence-electron chi connectivity index (χ2n) is 4.80. The number of anilines is 1. The lowest BCUT2D eigenvalue weighted by Gasteiger charge is -2.22. The molecule has 2 aromatic rings. The van der Waals surface area contributed by atoms with E-state index in [1.807, 2.05) is 11.4 Å². The van der Waals surface area contributed by atoms with Crippen molar-refractivity contribution in [2.75, 3.05) is 5.32 Å². The van der Waals surface area contributed by atoms with Gasteiger partial charge in [0.05, 0.1) is 11.0 Å². The Bertz CT molecular complexity index is 599. The predicted molar refractivity (Wildman–Crippen MR) is 83.6 cm³/mol. The van der Waals surface area contributed by atoms with Crippen LogP contribution >= 0.6 is 22.9 Å². The van der Waals surface area contributed by atoms with Crippen LogP contribution in [0, 0.1) is 16.0 Å². The molecule has 4 nitrogen and oxygen atoms in total. The summed E-state index contributed by atoms with van der Waals surface area (Å²) in [4.78, 5) is 11.7. The van der Waals surface area contributed by atoms with Crippen LogP contribution in [0.2, 0.25) is 5.02 Å². The zero-order chi connectivity index (χ0) is 14.7. The number of nitro groups is 1. The summed E-state index contributed by atoms with van der Waals surface area (Å²) in [5.41, 5.74) is 0.624. The molecular formula is C14H15ClN2O2S. The maximum absolute atomic E-state index is 10.9. The Balaban J connectivity index is 2.28. The second kappa shape index (κ2) is 6.24. The zero-order valence-corrected chi connectivity index (χ0v) is 12.7. The van der Waals surface area contributed by atoms with E-state index in [0.29, 0.717) is 11.6 Å². The van der Waals surface area contributed by atoms with E-state index in [2.05, 4.69) is 25.2 Å². The van der Waals surface area contributed by atoms with Gasteiger partial charge in [-0.3, -0.25) is 10.1 Å². The molecule has 0 saturated heterocycles. The van der Waals surface area contributed by atoms with Crippen molar-refractivity contribution in [2.45, 2.75) is 19.9 Å². The number of benzene rings is 1. The zero-order valence-electron chi connectivity index (χ0n) is 11.2. The lowest BCUT2D eigenvalue weighted by molar-refractivity contribution is -0.384. The molecule has 1 aromatic carbocycles. The van der Waals surface area contributed by atoms with Gasteiger partial charge in [0, 0.05) is 16.6 Å². The summed E-state index contributed by atoms with van der Waals surface area (Å²) in [7, 11) is 0. The number of thiophene rings is 1. The molecule has 20 heavy (non-hydrogen) atoms. The van der Waals surface area contributed by atoms with Crippen molar-refractivity contribution in [1.82, 2.24) is 0 Å². The van der Waals surface area contributed by atoms with Gasteiger partial charge in [-0.25, -0.2) is 0 Å². The monoisotopic (exact) mass is 310 g/mol. The predicted octanol–water partition coefficient (Wildman–Crippen LogP) is 5.12. The number of halogens is 1. The number of nitro benzene ring substituents is 1. The van der Waals surface area contributed by atoms with Crippen LogP contribution in [0.1, 0.15) is 24.8 Å². The third kappa shape index (κ3) is 3.29. The molecule has 0 spiro atoms. The quantitative estimate of drug-likeness (QED) is 0.616. The van der Waals surface area contributed by atoms with Gasteiger partial charge in [0.15, 0.2) is 0 Å². The Hall–Kier alpha value is -1.59. The highest BCUT2D eigenvalue weighted by Gasteiger charge is 2.19. The third-order valence-electron chi connectivity index (χ3n) is 2.98. The van der Waals surface area contributed by atoms with Crippen molar-refractivity contribution in [1.29, 1.82) is 0 Å². The molecule has 0 bridgehead atoms.